The molecule has 0 aliphatic heterocycles. The van der Waals surface area contributed by atoms with E-state index in [4.69, 9.17) is 12.2 Å². The summed E-state index contributed by atoms with van der Waals surface area (Å²) in [6.45, 7) is 5.97. The quantitative estimate of drug-likeness (QED) is 0.277. The molecule has 0 aliphatic carbocycles. The second-order valence-corrected chi connectivity index (χ2v) is 7.67. The predicted molar refractivity (Wildman–Crippen MR) is 124 cm³/mol. The lowest BCUT2D eigenvalue weighted by atomic mass is 10.0. The van der Waals surface area contributed by atoms with Crippen molar-refractivity contribution in [2.24, 2.45) is 0 Å². The highest BCUT2D eigenvalue weighted by Crippen LogP contribution is 2.20. The molecule has 0 bridgehead atoms. The van der Waals surface area contributed by atoms with Crippen molar-refractivity contribution >= 4 is 34.3 Å². The molecule has 30 heavy (non-hydrogen) atoms. The lowest BCUT2D eigenvalue weighted by molar-refractivity contribution is -0.578. The van der Waals surface area contributed by atoms with Crippen LogP contribution in [0.3, 0.4) is 0 Å². The van der Waals surface area contributed by atoms with E-state index in [0.29, 0.717) is 21.8 Å². The standard InChI is InChI=1S/C25H26N2O2S/c1-4-19-7-5-9-22(14-19)26-25(30)23(27-12-6-8-20(15-27)16-28)24(29)21-11-10-17(2)18(3)13-21/h5-15,28H,4,16H2,1-3H3,(H-,26,29,30). The normalized spacial score (nSPS) is 11.7. The highest BCUT2D eigenvalue weighted by atomic mass is 32.1. The van der Waals surface area contributed by atoms with Crippen molar-refractivity contribution in [1.82, 2.24) is 0 Å². The van der Waals surface area contributed by atoms with Crippen molar-refractivity contribution in [3.8, 4) is 0 Å². The Kier molecular flexibility index (Phi) is 6.98. The van der Waals surface area contributed by atoms with Gasteiger partial charge in [0.25, 0.3) is 0 Å². The van der Waals surface area contributed by atoms with E-state index in [1.54, 1.807) is 29.1 Å². The largest absolute Gasteiger partial charge is 0.867 e. The van der Waals surface area contributed by atoms with Gasteiger partial charge in [-0.25, -0.2) is 0 Å². The number of nitrogens with zero attached hydrogens (tertiary/aromatic N) is 1. The van der Waals surface area contributed by atoms with Gasteiger partial charge in [0.2, 0.25) is 5.70 Å². The molecular weight excluding hydrogens is 392 g/mol. The van der Waals surface area contributed by atoms with Crippen LogP contribution in [0.5, 0.6) is 0 Å². The molecule has 2 aromatic carbocycles. The Hall–Kier alpha value is -3.02. The number of hydrogen-bond donors (Lipinski definition) is 2. The molecule has 0 aliphatic rings. The Labute approximate surface area is 183 Å². The molecule has 0 unspecified atom stereocenters. The summed E-state index contributed by atoms with van der Waals surface area (Å²) in [5.74, 6) is -0.178. The van der Waals surface area contributed by atoms with Gasteiger partial charge in [-0.1, -0.05) is 49.5 Å². The first-order valence-electron chi connectivity index (χ1n) is 9.93. The number of hydrogen-bond acceptors (Lipinski definition) is 3. The number of nitrogens with one attached hydrogen (secondary N) is 1. The highest BCUT2D eigenvalue weighted by molar-refractivity contribution is 7.81. The molecule has 3 aromatic rings. The fraction of sp³-hybridized carbons (Fsp3) is 0.200. The van der Waals surface area contributed by atoms with Crippen LogP contribution in [0.1, 0.15) is 34.7 Å². The van der Waals surface area contributed by atoms with Crippen molar-refractivity contribution < 1.29 is 14.8 Å². The van der Waals surface area contributed by atoms with Gasteiger partial charge in [-0.15, -0.1) is 0 Å². The van der Waals surface area contributed by atoms with Crippen molar-refractivity contribution in [3.63, 3.8) is 0 Å². The molecule has 3 rings (SSSR count). The summed E-state index contributed by atoms with van der Waals surface area (Å²) in [5.41, 5.74) is 5.79. The summed E-state index contributed by atoms with van der Waals surface area (Å²) < 4.78 is 1.68. The fourth-order valence-corrected chi connectivity index (χ4v) is 3.49. The Balaban J connectivity index is 2.10. The van der Waals surface area contributed by atoms with E-state index in [-0.39, 0.29) is 12.4 Å². The van der Waals surface area contributed by atoms with Crippen LogP contribution in [-0.4, -0.2) is 10.1 Å². The molecule has 0 saturated heterocycles. The van der Waals surface area contributed by atoms with Gasteiger partial charge in [0.1, 0.15) is 0 Å². The number of aryl methyl sites for hydroxylation is 3. The molecule has 0 fully saturated rings. The topological polar surface area (TPSA) is 59.2 Å². The number of rotatable bonds is 6. The van der Waals surface area contributed by atoms with Gasteiger partial charge in [-0.05, 0) is 66.5 Å². The zero-order valence-corrected chi connectivity index (χ0v) is 18.3. The molecule has 0 saturated carbocycles. The van der Waals surface area contributed by atoms with Gasteiger partial charge in [0.15, 0.2) is 17.4 Å². The monoisotopic (exact) mass is 418 g/mol. The lowest BCUT2D eigenvalue weighted by Crippen LogP contribution is -2.40. The maximum Gasteiger partial charge on any atom is 0.238 e. The van der Waals surface area contributed by atoms with Crippen LogP contribution in [0.25, 0.3) is 11.5 Å². The van der Waals surface area contributed by atoms with E-state index in [9.17, 15) is 10.2 Å². The smallest absolute Gasteiger partial charge is 0.238 e. The van der Waals surface area contributed by atoms with Crippen LogP contribution >= 0.6 is 12.2 Å². The van der Waals surface area contributed by atoms with Crippen molar-refractivity contribution in [2.45, 2.75) is 33.8 Å². The number of aliphatic hydroxyl groups is 1. The van der Waals surface area contributed by atoms with Crippen LogP contribution in [0.4, 0.5) is 5.69 Å². The summed E-state index contributed by atoms with van der Waals surface area (Å²) in [6.07, 6.45) is 4.41. The Morgan fingerprint density at radius 2 is 1.80 bits per heavy atom. The van der Waals surface area contributed by atoms with Gasteiger partial charge in [0.05, 0.1) is 6.61 Å². The summed E-state index contributed by atoms with van der Waals surface area (Å²) in [7, 11) is 0. The minimum Gasteiger partial charge on any atom is -0.867 e. The number of aliphatic hydroxyl groups excluding tert-OH is 1. The summed E-state index contributed by atoms with van der Waals surface area (Å²) >= 11 is 5.68. The van der Waals surface area contributed by atoms with Gasteiger partial charge in [0, 0.05) is 17.3 Å². The maximum absolute atomic E-state index is 13.5. The maximum atomic E-state index is 13.5. The van der Waals surface area contributed by atoms with Gasteiger partial charge >= 0.3 is 0 Å². The van der Waals surface area contributed by atoms with E-state index in [2.05, 4.69) is 18.3 Å². The molecule has 0 atom stereocenters. The van der Waals surface area contributed by atoms with Crippen LogP contribution in [-0.2, 0) is 13.0 Å². The first-order chi connectivity index (χ1) is 14.4. The average Bonchev–Trinajstić information content (AvgIpc) is 2.76. The zero-order chi connectivity index (χ0) is 21.7. The van der Waals surface area contributed by atoms with Crippen LogP contribution < -0.4 is 15.0 Å². The Morgan fingerprint density at radius 3 is 2.50 bits per heavy atom. The van der Waals surface area contributed by atoms with E-state index in [1.165, 1.54) is 5.56 Å². The van der Waals surface area contributed by atoms with Gasteiger partial charge < -0.3 is 15.5 Å². The van der Waals surface area contributed by atoms with Crippen LogP contribution in [0, 0.1) is 13.8 Å². The number of anilines is 1. The van der Waals surface area contributed by atoms with E-state index >= 15 is 0 Å². The predicted octanol–water partition coefficient (Wildman–Crippen LogP) is 3.77. The second kappa shape index (κ2) is 9.65. The van der Waals surface area contributed by atoms with Gasteiger partial charge in [-0.2, -0.15) is 4.57 Å². The third-order valence-corrected chi connectivity index (χ3v) is 5.39. The molecule has 4 nitrogen and oxygen atoms in total. The third kappa shape index (κ3) is 4.93. The molecule has 2 N–H and O–H groups in total. The highest BCUT2D eigenvalue weighted by Gasteiger charge is 2.20. The number of benzene rings is 2. The number of thiocarbonyl (C=S) groups is 1. The molecule has 5 heteroatoms. The molecule has 1 aromatic heterocycles. The van der Waals surface area contributed by atoms with E-state index in [0.717, 1.165) is 23.2 Å². The SMILES string of the molecule is CCc1cccc(NC(=S)C(=C([O-])c2ccc(C)c(C)c2)[n+]2cccc(CO)c2)c1. The molecule has 1 heterocycles. The zero-order valence-electron chi connectivity index (χ0n) is 17.5. The molecule has 154 valence electrons. The average molecular weight is 419 g/mol. The number of aromatic nitrogens is 1. The fourth-order valence-electron chi connectivity index (χ4n) is 3.17. The lowest BCUT2D eigenvalue weighted by Gasteiger charge is -2.18. The Bertz CT molecular complexity index is 1110. The van der Waals surface area contributed by atoms with E-state index < -0.39 is 0 Å². The van der Waals surface area contributed by atoms with E-state index in [1.807, 2.05) is 50.2 Å². The molecule has 0 amide bonds. The first kappa shape index (κ1) is 21.7. The van der Waals surface area contributed by atoms with Crippen molar-refractivity contribution in [1.29, 1.82) is 0 Å². The molecule has 0 radical (unpaired) electrons. The third-order valence-electron chi connectivity index (χ3n) is 5.09. The van der Waals surface area contributed by atoms with Crippen molar-refractivity contribution in [2.75, 3.05) is 5.32 Å². The molecular formula is C25H26N2O2S. The Morgan fingerprint density at radius 1 is 1.03 bits per heavy atom. The minimum absolute atomic E-state index is 0.120. The van der Waals surface area contributed by atoms with Crippen LogP contribution in [0.15, 0.2) is 67.0 Å². The summed E-state index contributed by atoms with van der Waals surface area (Å²) in [5, 5.41) is 26.3. The summed E-state index contributed by atoms with van der Waals surface area (Å²) in [4.78, 5) is 0.326. The number of pyridine rings is 1. The van der Waals surface area contributed by atoms with Gasteiger partial charge in [-0.3, -0.25) is 0 Å². The summed E-state index contributed by atoms with van der Waals surface area (Å²) in [6, 6.07) is 17.2. The van der Waals surface area contributed by atoms with Crippen LogP contribution in [0.2, 0.25) is 0 Å². The first-order valence-corrected chi connectivity index (χ1v) is 10.3. The minimum atomic E-state index is -0.178. The molecule has 0 spiro atoms. The second-order valence-electron chi connectivity index (χ2n) is 7.26. The van der Waals surface area contributed by atoms with Crippen molar-refractivity contribution in [3.05, 3.63) is 94.8 Å².